The SMILES string of the molecule is Brc1ccc2c(c1)c1c3n2-c2ccccc2C2=CC=CC(C=C1)C23. The molecule has 114 valence electrons. The Labute approximate surface area is 148 Å². The molecule has 1 aliphatic heterocycles. The van der Waals surface area contributed by atoms with E-state index < -0.39 is 0 Å². The number of allylic oxidation sites excluding steroid dienone is 5. The molecule has 24 heavy (non-hydrogen) atoms. The highest BCUT2D eigenvalue weighted by Gasteiger charge is 2.39. The number of aromatic nitrogens is 1. The summed E-state index contributed by atoms with van der Waals surface area (Å²) in [5.41, 5.74) is 8.25. The largest absolute Gasteiger partial charge is 0.312 e. The highest BCUT2D eigenvalue weighted by atomic mass is 79.9. The molecule has 0 saturated heterocycles. The first-order valence-electron chi connectivity index (χ1n) is 8.33. The van der Waals surface area contributed by atoms with Crippen LogP contribution in [0.1, 0.15) is 22.7 Å². The Morgan fingerprint density at radius 1 is 1.00 bits per heavy atom. The molecule has 2 heterocycles. The molecule has 3 aliphatic rings. The van der Waals surface area contributed by atoms with Crippen LogP contribution in [0.25, 0.3) is 28.2 Å². The fourth-order valence-corrected chi connectivity index (χ4v) is 5.00. The number of rotatable bonds is 0. The number of hydrogen-bond acceptors (Lipinski definition) is 0. The van der Waals surface area contributed by atoms with Gasteiger partial charge in [-0.25, -0.2) is 0 Å². The first-order valence-corrected chi connectivity index (χ1v) is 9.12. The Morgan fingerprint density at radius 2 is 1.92 bits per heavy atom. The lowest BCUT2D eigenvalue weighted by atomic mass is 9.71. The fraction of sp³-hybridized carbons (Fsp3) is 0.0909. The molecular weight excluding hydrogens is 358 g/mol. The fourth-order valence-electron chi connectivity index (χ4n) is 4.64. The molecule has 0 saturated carbocycles. The van der Waals surface area contributed by atoms with Crippen LogP contribution >= 0.6 is 15.9 Å². The average Bonchev–Trinajstić information content (AvgIpc) is 2.95. The summed E-state index contributed by atoms with van der Waals surface area (Å²) in [6.07, 6.45) is 11.6. The van der Waals surface area contributed by atoms with Crippen molar-refractivity contribution < 1.29 is 0 Å². The molecule has 2 atom stereocenters. The van der Waals surface area contributed by atoms with Crippen LogP contribution in [-0.2, 0) is 0 Å². The molecule has 1 nitrogen and oxygen atoms in total. The van der Waals surface area contributed by atoms with E-state index >= 15 is 0 Å². The van der Waals surface area contributed by atoms with Crippen molar-refractivity contribution in [3.8, 4) is 5.69 Å². The summed E-state index contributed by atoms with van der Waals surface area (Å²) in [5, 5.41) is 1.33. The standard InChI is InChI=1S/C22H14BrN/c23-14-9-11-20-18(12-14)17-10-8-13-4-3-6-16-15-5-1-2-7-19(15)24(20)22(17)21(13)16/h1-13,21H. The molecular formula is C22H14BrN. The van der Waals surface area contributed by atoms with Crippen LogP contribution in [0.4, 0.5) is 0 Å². The lowest BCUT2D eigenvalue weighted by Crippen LogP contribution is -2.24. The van der Waals surface area contributed by atoms with Gasteiger partial charge in [0.2, 0.25) is 0 Å². The number of hydrogen-bond donors (Lipinski definition) is 0. The van der Waals surface area contributed by atoms with Crippen LogP contribution in [0.15, 0.2) is 71.2 Å². The number of benzene rings is 2. The number of para-hydroxylation sites is 1. The zero-order chi connectivity index (χ0) is 15.8. The first kappa shape index (κ1) is 13.0. The van der Waals surface area contributed by atoms with Gasteiger partial charge < -0.3 is 4.57 Å². The van der Waals surface area contributed by atoms with E-state index in [1.54, 1.807) is 0 Å². The predicted molar refractivity (Wildman–Crippen MR) is 103 cm³/mol. The van der Waals surface area contributed by atoms with Crippen molar-refractivity contribution in [3.63, 3.8) is 0 Å². The molecule has 2 aliphatic carbocycles. The molecule has 0 fully saturated rings. The third kappa shape index (κ3) is 1.46. The van der Waals surface area contributed by atoms with Gasteiger partial charge in [0, 0.05) is 38.5 Å². The van der Waals surface area contributed by atoms with Gasteiger partial charge in [-0.1, -0.05) is 64.5 Å². The predicted octanol–water partition coefficient (Wildman–Crippen LogP) is 6.09. The van der Waals surface area contributed by atoms with Gasteiger partial charge in [-0.2, -0.15) is 0 Å². The Kier molecular flexibility index (Phi) is 2.39. The maximum Gasteiger partial charge on any atom is 0.0539 e. The number of halogens is 1. The van der Waals surface area contributed by atoms with Crippen LogP contribution in [-0.4, -0.2) is 4.57 Å². The number of fused-ring (bicyclic) bond motifs is 6. The summed E-state index contributed by atoms with van der Waals surface area (Å²) in [5.74, 6) is 0.883. The van der Waals surface area contributed by atoms with Gasteiger partial charge in [-0.3, -0.25) is 0 Å². The molecule has 0 amide bonds. The summed E-state index contributed by atoms with van der Waals surface area (Å²) < 4.78 is 3.63. The maximum absolute atomic E-state index is 3.65. The van der Waals surface area contributed by atoms with Crippen LogP contribution in [0.5, 0.6) is 0 Å². The van der Waals surface area contributed by atoms with E-state index in [4.69, 9.17) is 0 Å². The Hall–Kier alpha value is -2.32. The van der Waals surface area contributed by atoms with Crippen molar-refractivity contribution in [1.29, 1.82) is 0 Å². The molecule has 0 spiro atoms. The van der Waals surface area contributed by atoms with Crippen molar-refractivity contribution >= 4 is 38.5 Å². The second-order valence-corrected chi connectivity index (χ2v) is 7.65. The van der Waals surface area contributed by atoms with Crippen LogP contribution in [0.3, 0.4) is 0 Å². The summed E-state index contributed by atoms with van der Waals surface area (Å²) in [6.45, 7) is 0. The van der Waals surface area contributed by atoms with Crippen LogP contribution in [0, 0.1) is 5.92 Å². The summed E-state index contributed by atoms with van der Waals surface area (Å²) in [4.78, 5) is 0. The summed E-state index contributed by atoms with van der Waals surface area (Å²) in [6, 6.07) is 15.5. The quantitative estimate of drug-likeness (QED) is 0.450. The maximum atomic E-state index is 3.65. The Morgan fingerprint density at radius 3 is 2.88 bits per heavy atom. The molecule has 1 aromatic heterocycles. The highest BCUT2D eigenvalue weighted by Crippen LogP contribution is 2.53. The van der Waals surface area contributed by atoms with Gasteiger partial charge in [-0.15, -0.1) is 0 Å². The molecule has 0 radical (unpaired) electrons. The van der Waals surface area contributed by atoms with E-state index in [0.717, 1.165) is 4.47 Å². The zero-order valence-corrected chi connectivity index (χ0v) is 14.5. The summed E-state index contributed by atoms with van der Waals surface area (Å²) in [7, 11) is 0. The van der Waals surface area contributed by atoms with Crippen molar-refractivity contribution in [2.75, 3.05) is 0 Å². The minimum Gasteiger partial charge on any atom is -0.312 e. The van der Waals surface area contributed by atoms with Crippen molar-refractivity contribution in [3.05, 3.63) is 88.1 Å². The lowest BCUT2D eigenvalue weighted by molar-refractivity contribution is 0.664. The smallest absolute Gasteiger partial charge is 0.0539 e. The van der Waals surface area contributed by atoms with E-state index in [9.17, 15) is 0 Å². The van der Waals surface area contributed by atoms with Crippen molar-refractivity contribution in [2.45, 2.75) is 5.92 Å². The van der Waals surface area contributed by atoms with Crippen molar-refractivity contribution in [1.82, 2.24) is 4.57 Å². The van der Waals surface area contributed by atoms with Gasteiger partial charge in [0.15, 0.2) is 0 Å². The monoisotopic (exact) mass is 371 g/mol. The van der Waals surface area contributed by atoms with E-state index in [1.807, 2.05) is 0 Å². The summed E-state index contributed by atoms with van der Waals surface area (Å²) >= 11 is 3.65. The van der Waals surface area contributed by atoms with E-state index in [-0.39, 0.29) is 0 Å². The van der Waals surface area contributed by atoms with Crippen molar-refractivity contribution in [2.24, 2.45) is 5.92 Å². The molecule has 0 bridgehead atoms. The van der Waals surface area contributed by atoms with Gasteiger partial charge >= 0.3 is 0 Å². The second-order valence-electron chi connectivity index (χ2n) is 6.73. The molecule has 2 heteroatoms. The molecule has 2 unspecified atom stereocenters. The topological polar surface area (TPSA) is 4.93 Å². The average molecular weight is 372 g/mol. The first-order chi connectivity index (χ1) is 11.8. The number of nitrogens with zero attached hydrogens (tertiary/aromatic N) is 1. The Balaban J connectivity index is 1.86. The van der Waals surface area contributed by atoms with Crippen LogP contribution < -0.4 is 0 Å². The molecule has 6 rings (SSSR count). The Bertz CT molecular complexity index is 1130. The molecule has 0 N–H and O–H groups in total. The van der Waals surface area contributed by atoms with Gasteiger partial charge in [-0.05, 0) is 29.8 Å². The van der Waals surface area contributed by atoms with E-state index in [0.29, 0.717) is 11.8 Å². The van der Waals surface area contributed by atoms with Gasteiger partial charge in [0.1, 0.15) is 0 Å². The minimum atomic E-state index is 0.427. The van der Waals surface area contributed by atoms with Gasteiger partial charge in [0.25, 0.3) is 0 Å². The van der Waals surface area contributed by atoms with Crippen LogP contribution in [0.2, 0.25) is 0 Å². The second kappa shape index (κ2) is 4.40. The van der Waals surface area contributed by atoms with E-state index in [2.05, 4.69) is 93.3 Å². The van der Waals surface area contributed by atoms with Gasteiger partial charge in [0.05, 0.1) is 11.2 Å². The molecule has 2 aromatic carbocycles. The third-order valence-corrected chi connectivity index (χ3v) is 6.06. The zero-order valence-electron chi connectivity index (χ0n) is 12.9. The van der Waals surface area contributed by atoms with E-state index in [1.165, 1.54) is 39.0 Å². The minimum absolute atomic E-state index is 0.427. The lowest BCUT2D eigenvalue weighted by Gasteiger charge is -2.37. The highest BCUT2D eigenvalue weighted by molar-refractivity contribution is 9.10. The third-order valence-electron chi connectivity index (χ3n) is 5.57. The molecule has 3 aromatic rings. The normalized spacial score (nSPS) is 22.3.